The van der Waals surface area contributed by atoms with Gasteiger partial charge in [-0.2, -0.15) is 0 Å². The fraction of sp³-hybridized carbons (Fsp3) is 0.200. The average molecular weight is 579 g/mol. The monoisotopic (exact) mass is 578 g/mol. The molecule has 0 radical (unpaired) electrons. The zero-order valence-corrected chi connectivity index (χ0v) is 23.2. The second-order valence-corrected chi connectivity index (χ2v) is 10.1. The maximum atomic E-state index is 13.5. The zero-order valence-electron chi connectivity index (χ0n) is 23.2. The Labute approximate surface area is 249 Å². The van der Waals surface area contributed by atoms with E-state index in [-0.39, 0.29) is 30.8 Å². The second kappa shape index (κ2) is 14.1. The van der Waals surface area contributed by atoms with E-state index in [1.54, 1.807) is 91.0 Å². The molecule has 218 valence electrons. The predicted octanol–water partition coefficient (Wildman–Crippen LogP) is 5.67. The quantitative estimate of drug-likeness (QED) is 0.175. The van der Waals surface area contributed by atoms with Crippen molar-refractivity contribution in [1.29, 1.82) is 0 Å². The molecule has 1 aliphatic rings. The normalized spacial score (nSPS) is 19.2. The van der Waals surface area contributed by atoms with Crippen LogP contribution in [0.1, 0.15) is 43.1 Å². The van der Waals surface area contributed by atoms with Crippen LogP contribution in [-0.2, 0) is 30.3 Å². The van der Waals surface area contributed by atoms with Crippen LogP contribution >= 0.6 is 0 Å². The van der Waals surface area contributed by atoms with Gasteiger partial charge in [0.1, 0.15) is 12.7 Å². The number of hydrogen-bond donors (Lipinski definition) is 0. The summed E-state index contributed by atoms with van der Waals surface area (Å²) >= 11 is 0. The second-order valence-electron chi connectivity index (χ2n) is 10.1. The summed E-state index contributed by atoms with van der Waals surface area (Å²) in [5.74, 6) is -4.18. The van der Waals surface area contributed by atoms with Crippen molar-refractivity contribution in [3.63, 3.8) is 0 Å². The van der Waals surface area contributed by atoms with Crippen molar-refractivity contribution in [3.05, 3.63) is 144 Å². The third-order valence-corrected chi connectivity index (χ3v) is 7.21. The summed E-state index contributed by atoms with van der Waals surface area (Å²) in [5.41, 5.74) is 1.69. The van der Waals surface area contributed by atoms with Gasteiger partial charge in [-0.15, -0.1) is 0 Å². The van der Waals surface area contributed by atoms with Crippen LogP contribution in [0.2, 0.25) is 0 Å². The molecule has 0 amide bonds. The SMILES string of the molecule is O=C(OC[C@H]1C[C@@H](C(=O)OCc2ccccc2)[C@H](OC(=O)c2ccccc2)[C@@H]1OC(=O)c1ccccc1)c1ccccc1. The molecule has 1 aliphatic carbocycles. The van der Waals surface area contributed by atoms with E-state index >= 15 is 0 Å². The Morgan fingerprint density at radius 2 is 0.977 bits per heavy atom. The molecule has 43 heavy (non-hydrogen) atoms. The molecular weight excluding hydrogens is 548 g/mol. The molecule has 0 aliphatic heterocycles. The molecule has 0 unspecified atom stereocenters. The van der Waals surface area contributed by atoms with Crippen LogP contribution in [0.4, 0.5) is 0 Å². The minimum Gasteiger partial charge on any atom is -0.462 e. The molecule has 0 heterocycles. The molecule has 0 spiro atoms. The molecule has 5 rings (SSSR count). The smallest absolute Gasteiger partial charge is 0.338 e. The van der Waals surface area contributed by atoms with E-state index in [4.69, 9.17) is 18.9 Å². The van der Waals surface area contributed by atoms with Gasteiger partial charge in [0.25, 0.3) is 0 Å². The lowest BCUT2D eigenvalue weighted by atomic mass is 10.0. The molecule has 4 atom stereocenters. The molecule has 0 N–H and O–H groups in total. The fourth-order valence-corrected chi connectivity index (χ4v) is 5.01. The molecule has 0 bridgehead atoms. The lowest BCUT2D eigenvalue weighted by Crippen LogP contribution is -2.40. The van der Waals surface area contributed by atoms with Crippen molar-refractivity contribution in [2.75, 3.05) is 6.61 Å². The summed E-state index contributed by atoms with van der Waals surface area (Å²) in [7, 11) is 0. The fourth-order valence-electron chi connectivity index (χ4n) is 5.01. The first-order valence-electron chi connectivity index (χ1n) is 13.9. The van der Waals surface area contributed by atoms with Gasteiger partial charge in [-0.1, -0.05) is 84.9 Å². The number of rotatable bonds is 10. The van der Waals surface area contributed by atoms with E-state index in [0.717, 1.165) is 5.56 Å². The molecule has 4 aromatic rings. The van der Waals surface area contributed by atoms with Gasteiger partial charge in [0, 0.05) is 5.92 Å². The Balaban J connectivity index is 1.42. The van der Waals surface area contributed by atoms with Gasteiger partial charge in [-0.05, 0) is 48.4 Å². The number of carbonyl (C=O) groups is 4. The zero-order chi connectivity index (χ0) is 30.0. The largest absolute Gasteiger partial charge is 0.462 e. The highest BCUT2D eigenvalue weighted by molar-refractivity contribution is 5.91. The molecule has 0 saturated heterocycles. The van der Waals surface area contributed by atoms with Crippen molar-refractivity contribution in [2.24, 2.45) is 11.8 Å². The van der Waals surface area contributed by atoms with Crippen LogP contribution in [-0.4, -0.2) is 42.7 Å². The Morgan fingerprint density at radius 1 is 0.535 bits per heavy atom. The van der Waals surface area contributed by atoms with Gasteiger partial charge < -0.3 is 18.9 Å². The van der Waals surface area contributed by atoms with Crippen molar-refractivity contribution in [2.45, 2.75) is 25.2 Å². The first-order chi connectivity index (χ1) is 21.0. The molecule has 1 saturated carbocycles. The first kappa shape index (κ1) is 29.3. The summed E-state index contributed by atoms with van der Waals surface area (Å²) in [5, 5.41) is 0. The van der Waals surface area contributed by atoms with Gasteiger partial charge in [0.2, 0.25) is 0 Å². The van der Waals surface area contributed by atoms with Gasteiger partial charge in [-0.3, -0.25) is 4.79 Å². The topological polar surface area (TPSA) is 105 Å². The standard InChI is InChI=1S/C35H30O8/c36-32(25-15-7-2-8-16-25)41-23-28-21-29(35(39)40-22-24-13-5-1-6-14-24)31(43-34(38)27-19-11-4-12-20-27)30(28)42-33(37)26-17-9-3-10-18-26/h1-20,28-31H,21-23H2/t28-,29-,30-,31+/m1/s1. The van der Waals surface area contributed by atoms with Crippen LogP contribution in [0, 0.1) is 11.8 Å². The van der Waals surface area contributed by atoms with Gasteiger partial charge in [0.05, 0.1) is 29.2 Å². The van der Waals surface area contributed by atoms with E-state index in [9.17, 15) is 19.2 Å². The summed E-state index contributed by atoms with van der Waals surface area (Å²) in [6.45, 7) is -0.167. The summed E-state index contributed by atoms with van der Waals surface area (Å²) in [6.07, 6.45) is -2.20. The van der Waals surface area contributed by atoms with E-state index < -0.39 is 47.9 Å². The first-order valence-corrected chi connectivity index (χ1v) is 13.9. The molecule has 4 aromatic carbocycles. The maximum Gasteiger partial charge on any atom is 0.338 e. The van der Waals surface area contributed by atoms with Crippen LogP contribution in [0.5, 0.6) is 0 Å². The Morgan fingerprint density at radius 3 is 1.49 bits per heavy atom. The van der Waals surface area contributed by atoms with Crippen molar-refractivity contribution < 1.29 is 38.1 Å². The number of hydrogen-bond acceptors (Lipinski definition) is 8. The predicted molar refractivity (Wildman–Crippen MR) is 156 cm³/mol. The maximum absolute atomic E-state index is 13.5. The van der Waals surface area contributed by atoms with E-state index in [2.05, 4.69) is 0 Å². The van der Waals surface area contributed by atoms with Crippen LogP contribution in [0.25, 0.3) is 0 Å². The molecule has 0 aromatic heterocycles. The molecule has 8 heteroatoms. The highest BCUT2D eigenvalue weighted by Crippen LogP contribution is 2.38. The third kappa shape index (κ3) is 7.54. The van der Waals surface area contributed by atoms with Crippen molar-refractivity contribution >= 4 is 23.9 Å². The van der Waals surface area contributed by atoms with Crippen LogP contribution < -0.4 is 0 Å². The lowest BCUT2D eigenvalue weighted by Gasteiger charge is -2.26. The molecule has 8 nitrogen and oxygen atoms in total. The Bertz CT molecular complexity index is 1520. The average Bonchev–Trinajstić information content (AvgIpc) is 3.40. The Kier molecular flexibility index (Phi) is 9.59. The highest BCUT2D eigenvalue weighted by atomic mass is 16.6. The molecule has 1 fully saturated rings. The number of benzene rings is 4. The summed E-state index contributed by atoms with van der Waals surface area (Å²) < 4.78 is 23.1. The van der Waals surface area contributed by atoms with E-state index in [1.807, 2.05) is 30.3 Å². The number of esters is 4. The number of ether oxygens (including phenoxy) is 4. The van der Waals surface area contributed by atoms with Gasteiger partial charge in [-0.25, -0.2) is 14.4 Å². The van der Waals surface area contributed by atoms with Crippen molar-refractivity contribution in [1.82, 2.24) is 0 Å². The van der Waals surface area contributed by atoms with Crippen LogP contribution in [0.3, 0.4) is 0 Å². The summed E-state index contributed by atoms with van der Waals surface area (Å²) in [6, 6.07) is 34.3. The van der Waals surface area contributed by atoms with E-state index in [1.165, 1.54) is 0 Å². The van der Waals surface area contributed by atoms with E-state index in [0.29, 0.717) is 5.56 Å². The third-order valence-electron chi connectivity index (χ3n) is 7.21. The van der Waals surface area contributed by atoms with Crippen molar-refractivity contribution in [3.8, 4) is 0 Å². The molecular formula is C35H30O8. The van der Waals surface area contributed by atoms with Gasteiger partial charge in [0.15, 0.2) is 6.10 Å². The number of carbonyl (C=O) groups excluding carboxylic acids is 4. The minimum absolute atomic E-state index is 0.0116. The highest BCUT2D eigenvalue weighted by Gasteiger charge is 2.52. The van der Waals surface area contributed by atoms with Crippen LogP contribution in [0.15, 0.2) is 121 Å². The summed E-state index contributed by atoms with van der Waals surface area (Å²) in [4.78, 5) is 52.7. The lowest BCUT2D eigenvalue weighted by molar-refractivity contribution is -0.154. The van der Waals surface area contributed by atoms with Gasteiger partial charge >= 0.3 is 23.9 Å². The Hall–Kier alpha value is -5.24. The minimum atomic E-state index is -1.19.